The molecule has 0 bridgehead atoms. The zero-order chi connectivity index (χ0) is 28.0. The van der Waals surface area contributed by atoms with Crippen LogP contribution in [0.15, 0.2) is 18.2 Å². The van der Waals surface area contributed by atoms with E-state index in [1.54, 1.807) is 6.92 Å². The maximum absolute atomic E-state index is 15.1. The van der Waals surface area contributed by atoms with Crippen LogP contribution >= 0.6 is 11.6 Å². The molecule has 1 N–H and O–H groups in total. The SMILES string of the molecule is CCn1nc(C(=O)NCC2CCC(C)CC2)c(Cl)c1-c1ccc(CC(C)(C)C(F)(F)F)cc1F.O=S=O. The van der Waals surface area contributed by atoms with Gasteiger partial charge in [-0.05, 0) is 55.7 Å². The molecule has 1 aromatic heterocycles. The third-order valence-electron chi connectivity index (χ3n) is 6.80. The number of carbonyl (C=O) groups is 1. The highest BCUT2D eigenvalue weighted by atomic mass is 35.5. The molecule has 1 saturated carbocycles. The number of rotatable bonds is 7. The van der Waals surface area contributed by atoms with Crippen molar-refractivity contribution in [3.63, 3.8) is 0 Å². The number of halogens is 5. The molecule has 0 saturated heterocycles. The van der Waals surface area contributed by atoms with Crippen LogP contribution in [-0.4, -0.2) is 36.8 Å². The lowest BCUT2D eigenvalue weighted by Gasteiger charge is -2.27. The highest BCUT2D eigenvalue weighted by Gasteiger charge is 2.47. The van der Waals surface area contributed by atoms with E-state index in [0.717, 1.165) is 45.6 Å². The third-order valence-corrected chi connectivity index (χ3v) is 7.16. The van der Waals surface area contributed by atoms with Crippen LogP contribution in [0.3, 0.4) is 0 Å². The Hall–Kier alpha value is -2.27. The van der Waals surface area contributed by atoms with Gasteiger partial charge in [-0.1, -0.05) is 51.3 Å². The van der Waals surface area contributed by atoms with Crippen molar-refractivity contribution in [1.82, 2.24) is 15.1 Å². The van der Waals surface area contributed by atoms with Crippen molar-refractivity contribution in [2.75, 3.05) is 6.54 Å². The number of amides is 1. The van der Waals surface area contributed by atoms with E-state index in [0.29, 0.717) is 24.9 Å². The molecule has 206 valence electrons. The van der Waals surface area contributed by atoms with Crippen molar-refractivity contribution in [3.05, 3.63) is 40.3 Å². The number of benzene rings is 1. The first kappa shape index (κ1) is 31.0. The fourth-order valence-electron chi connectivity index (χ4n) is 4.40. The van der Waals surface area contributed by atoms with Gasteiger partial charge in [-0.25, -0.2) is 4.39 Å². The molecule has 1 aliphatic carbocycles. The number of hydrogen-bond donors (Lipinski definition) is 1. The Bertz CT molecular complexity index is 1120. The molecule has 0 radical (unpaired) electrons. The van der Waals surface area contributed by atoms with Gasteiger partial charge in [0, 0.05) is 18.7 Å². The average Bonchev–Trinajstić information content (AvgIpc) is 3.14. The summed E-state index contributed by atoms with van der Waals surface area (Å²) in [7, 11) is 0. The summed E-state index contributed by atoms with van der Waals surface area (Å²) in [6, 6.07) is 3.95. The summed E-state index contributed by atoms with van der Waals surface area (Å²) in [6.45, 7) is 7.06. The van der Waals surface area contributed by atoms with E-state index >= 15 is 4.39 Å². The van der Waals surface area contributed by atoms with Crippen molar-refractivity contribution < 1.29 is 30.8 Å². The molecule has 1 amide bonds. The molecule has 0 atom stereocenters. The molecule has 37 heavy (non-hydrogen) atoms. The average molecular weight is 566 g/mol. The van der Waals surface area contributed by atoms with Gasteiger partial charge < -0.3 is 5.32 Å². The van der Waals surface area contributed by atoms with Crippen molar-refractivity contribution >= 4 is 29.1 Å². The van der Waals surface area contributed by atoms with Gasteiger partial charge in [0.25, 0.3) is 5.91 Å². The Morgan fingerprint density at radius 1 is 1.19 bits per heavy atom. The largest absolute Gasteiger partial charge is 0.394 e. The predicted molar refractivity (Wildman–Crippen MR) is 134 cm³/mol. The standard InChI is InChI=1S/C25H32ClF4N3O.O2S/c1-5-33-22(18-11-10-17(12-19(18)27)13-24(3,4)25(28,29)30)20(26)21(32-33)23(34)31-14-16-8-6-15(2)7-9-16;1-3-2/h10-12,15-16H,5-9,13-14H2,1-4H3,(H,31,34);. The van der Waals surface area contributed by atoms with E-state index in [-0.39, 0.29) is 34.0 Å². The highest BCUT2D eigenvalue weighted by Crippen LogP contribution is 2.41. The second kappa shape index (κ2) is 13.0. The predicted octanol–water partition coefficient (Wildman–Crippen LogP) is 6.38. The summed E-state index contributed by atoms with van der Waals surface area (Å²) in [5.41, 5.74) is -1.43. The van der Waals surface area contributed by atoms with E-state index < -0.39 is 34.9 Å². The maximum atomic E-state index is 15.1. The fourth-order valence-corrected chi connectivity index (χ4v) is 4.72. The molecule has 2 aromatic rings. The number of hydrogen-bond acceptors (Lipinski definition) is 4. The first-order valence-corrected chi connectivity index (χ1v) is 13.1. The number of nitrogens with one attached hydrogen (secondary N) is 1. The third kappa shape index (κ3) is 7.86. The molecule has 0 aliphatic heterocycles. The summed E-state index contributed by atoms with van der Waals surface area (Å²) in [5, 5.41) is 7.22. The molecule has 3 rings (SSSR count). The lowest BCUT2D eigenvalue weighted by atomic mass is 9.83. The van der Waals surface area contributed by atoms with Crippen LogP contribution in [0.5, 0.6) is 0 Å². The van der Waals surface area contributed by atoms with Gasteiger partial charge in [-0.2, -0.15) is 26.7 Å². The Kier molecular flexibility index (Phi) is 10.9. The van der Waals surface area contributed by atoms with Gasteiger partial charge in [-0.3, -0.25) is 9.48 Å². The molecule has 1 heterocycles. The molecule has 1 aromatic carbocycles. The molecule has 0 spiro atoms. The van der Waals surface area contributed by atoms with Crippen molar-refractivity contribution in [2.24, 2.45) is 17.3 Å². The molecule has 12 heteroatoms. The van der Waals surface area contributed by atoms with Crippen molar-refractivity contribution in [2.45, 2.75) is 72.5 Å². The quantitative estimate of drug-likeness (QED) is 0.395. The lowest BCUT2D eigenvalue weighted by molar-refractivity contribution is -0.211. The van der Waals surface area contributed by atoms with Gasteiger partial charge in [0.1, 0.15) is 5.82 Å². The number of aryl methyl sites for hydroxylation is 1. The van der Waals surface area contributed by atoms with Gasteiger partial charge >= 0.3 is 17.7 Å². The van der Waals surface area contributed by atoms with E-state index in [4.69, 9.17) is 20.0 Å². The first-order valence-electron chi connectivity index (χ1n) is 12.1. The van der Waals surface area contributed by atoms with Gasteiger partial charge in [0.15, 0.2) is 5.69 Å². The zero-order valence-electron chi connectivity index (χ0n) is 21.3. The van der Waals surface area contributed by atoms with Gasteiger partial charge in [-0.15, -0.1) is 0 Å². The zero-order valence-corrected chi connectivity index (χ0v) is 22.8. The number of alkyl halides is 3. The van der Waals surface area contributed by atoms with Crippen LogP contribution in [0.25, 0.3) is 11.3 Å². The van der Waals surface area contributed by atoms with E-state index in [2.05, 4.69) is 17.3 Å². The molecular formula is C25H32ClF4N3O3S. The minimum absolute atomic E-state index is 0.0179. The molecule has 1 fully saturated rings. The summed E-state index contributed by atoms with van der Waals surface area (Å²) >= 11 is 5.75. The van der Waals surface area contributed by atoms with E-state index in [9.17, 15) is 18.0 Å². The second-order valence-corrected chi connectivity index (χ2v) is 10.6. The Morgan fingerprint density at radius 3 is 2.30 bits per heavy atom. The summed E-state index contributed by atoms with van der Waals surface area (Å²) in [4.78, 5) is 12.8. The fraction of sp³-hybridized carbons (Fsp3) is 0.600. The van der Waals surface area contributed by atoms with Crippen LogP contribution in [0, 0.1) is 23.1 Å². The van der Waals surface area contributed by atoms with Crippen LogP contribution in [-0.2, 0) is 24.5 Å². The number of nitrogens with zero attached hydrogens (tertiary/aromatic N) is 2. The monoisotopic (exact) mass is 565 g/mol. The molecular weight excluding hydrogens is 534 g/mol. The molecule has 0 unspecified atom stereocenters. The minimum atomic E-state index is -4.41. The summed E-state index contributed by atoms with van der Waals surface area (Å²) in [6.07, 6.45) is -0.359. The van der Waals surface area contributed by atoms with E-state index in [1.807, 2.05) is 0 Å². The summed E-state index contributed by atoms with van der Waals surface area (Å²) in [5.74, 6) is -0.00101. The Balaban J connectivity index is 0.00000153. The number of carbonyl (C=O) groups excluding carboxylic acids is 1. The molecule has 6 nitrogen and oxygen atoms in total. The van der Waals surface area contributed by atoms with Crippen LogP contribution in [0.1, 0.15) is 69.4 Å². The van der Waals surface area contributed by atoms with Crippen molar-refractivity contribution in [3.8, 4) is 11.3 Å². The van der Waals surface area contributed by atoms with E-state index in [1.165, 1.54) is 16.8 Å². The lowest BCUT2D eigenvalue weighted by Crippen LogP contribution is -2.34. The number of aromatic nitrogens is 2. The Labute approximate surface area is 222 Å². The highest BCUT2D eigenvalue weighted by molar-refractivity contribution is 7.51. The maximum Gasteiger partial charge on any atom is 0.394 e. The molecule has 1 aliphatic rings. The van der Waals surface area contributed by atoms with Crippen LogP contribution in [0.2, 0.25) is 5.02 Å². The van der Waals surface area contributed by atoms with Gasteiger partial charge in [0.05, 0.1) is 16.1 Å². The van der Waals surface area contributed by atoms with Gasteiger partial charge in [0.2, 0.25) is 0 Å². The van der Waals surface area contributed by atoms with Crippen molar-refractivity contribution in [1.29, 1.82) is 0 Å². The smallest absolute Gasteiger partial charge is 0.350 e. The minimum Gasteiger partial charge on any atom is -0.350 e. The topological polar surface area (TPSA) is 81.1 Å². The Morgan fingerprint density at radius 2 is 1.78 bits per heavy atom. The first-order chi connectivity index (χ1) is 17.2. The van der Waals surface area contributed by atoms with Crippen LogP contribution < -0.4 is 5.32 Å². The summed E-state index contributed by atoms with van der Waals surface area (Å²) < 4.78 is 72.8. The second-order valence-electron chi connectivity index (χ2n) is 10.1. The normalized spacial score (nSPS) is 18.1. The van der Waals surface area contributed by atoms with Crippen LogP contribution in [0.4, 0.5) is 17.6 Å².